The predicted molar refractivity (Wildman–Crippen MR) is 112 cm³/mol. The minimum absolute atomic E-state index is 0. The Bertz CT molecular complexity index is 351. The molecule has 0 rings (SSSR count). The topological polar surface area (TPSA) is 83.5 Å². The summed E-state index contributed by atoms with van der Waals surface area (Å²) in [5, 5.41) is 10.7. The number of hydrogen-bond donors (Lipinski definition) is 2. The first-order valence-electron chi connectivity index (χ1n) is 10.9. The smallest absolute Gasteiger partial charge is 0.542 e. The van der Waals surface area contributed by atoms with Crippen molar-refractivity contribution in [2.45, 2.75) is 117 Å². The van der Waals surface area contributed by atoms with Crippen molar-refractivity contribution in [3.05, 3.63) is 0 Å². The summed E-state index contributed by atoms with van der Waals surface area (Å²) in [6, 6.07) is 0. The van der Waals surface area contributed by atoms with Crippen molar-refractivity contribution in [3.63, 3.8) is 0 Å². The van der Waals surface area contributed by atoms with Crippen LogP contribution in [0.1, 0.15) is 117 Å². The molecule has 0 radical (unpaired) electrons. The molecule has 0 spiro atoms. The van der Waals surface area contributed by atoms with E-state index >= 15 is 0 Å². The summed E-state index contributed by atoms with van der Waals surface area (Å²) in [7, 11) is 0. The summed E-state index contributed by atoms with van der Waals surface area (Å²) in [5.74, 6) is -1.15. The Morgan fingerprint density at radius 3 is 1.61 bits per heavy atom. The van der Waals surface area contributed by atoms with Crippen molar-refractivity contribution in [1.29, 1.82) is 0 Å². The zero-order chi connectivity index (χ0) is 20.6. The monoisotopic (exact) mass is 407 g/mol. The van der Waals surface area contributed by atoms with E-state index in [1.54, 1.807) is 0 Å². The fourth-order valence-corrected chi connectivity index (χ4v) is 2.66. The van der Waals surface area contributed by atoms with Crippen LogP contribution in [0.5, 0.6) is 0 Å². The number of carboxylic acids is 1. The molecule has 0 aromatic carbocycles. The molecule has 160 valence electrons. The number of unbranched alkanes of at least 4 members (excludes halogenated alkanes) is 13. The van der Waals surface area contributed by atoms with Gasteiger partial charge in [0.2, 0.25) is 5.91 Å². The Hall–Kier alpha value is -0.390. The van der Waals surface area contributed by atoms with Gasteiger partial charge in [-0.3, -0.25) is 15.9 Å². The third-order valence-electron chi connectivity index (χ3n) is 4.33. The van der Waals surface area contributed by atoms with Crippen molar-refractivity contribution in [2.24, 2.45) is 0 Å². The molecule has 0 bridgehead atoms. The van der Waals surface area contributed by atoms with Crippen LogP contribution in [-0.2, 0) is 14.4 Å². The molecule has 0 aliphatic rings. The number of amides is 1. The summed E-state index contributed by atoms with van der Waals surface area (Å²) >= 11 is 0. The molecule has 0 unspecified atom stereocenters. The molecule has 0 aromatic rings. The van der Waals surface area contributed by atoms with Crippen LogP contribution in [0.3, 0.4) is 0 Å². The SMILES string of the molecule is CCCCCCCCCC(=O)NCC(=O)O.CCCCCCCCC[C-]=O.[Na+]. The van der Waals surface area contributed by atoms with Gasteiger partial charge in [0.05, 0.1) is 0 Å². The van der Waals surface area contributed by atoms with Crippen LogP contribution >= 0.6 is 0 Å². The van der Waals surface area contributed by atoms with Gasteiger partial charge in [0.1, 0.15) is 6.54 Å². The van der Waals surface area contributed by atoms with Crippen LogP contribution in [0.25, 0.3) is 0 Å². The van der Waals surface area contributed by atoms with Gasteiger partial charge in [-0.05, 0) is 6.42 Å². The molecule has 1 amide bonds. The molecular weight excluding hydrogens is 365 g/mol. The zero-order valence-electron chi connectivity index (χ0n) is 18.7. The minimum atomic E-state index is -0.993. The quantitative estimate of drug-likeness (QED) is 0.208. The summed E-state index contributed by atoms with van der Waals surface area (Å²) in [4.78, 5) is 31.1. The van der Waals surface area contributed by atoms with Gasteiger partial charge in [-0.2, -0.15) is 6.42 Å². The largest absolute Gasteiger partial charge is 1.00 e. The molecule has 0 aliphatic carbocycles. The van der Waals surface area contributed by atoms with E-state index in [-0.39, 0.29) is 42.0 Å². The summed E-state index contributed by atoms with van der Waals surface area (Å²) < 4.78 is 0. The average molecular weight is 408 g/mol. The van der Waals surface area contributed by atoms with Crippen molar-refractivity contribution >= 4 is 18.2 Å². The van der Waals surface area contributed by atoms with E-state index in [9.17, 15) is 14.4 Å². The van der Waals surface area contributed by atoms with Crippen LogP contribution in [0.2, 0.25) is 0 Å². The van der Waals surface area contributed by atoms with Crippen LogP contribution in [0, 0.1) is 0 Å². The predicted octanol–water partition coefficient (Wildman–Crippen LogP) is 2.57. The number of carbonyl (C=O) groups is 2. The average Bonchev–Trinajstić information content (AvgIpc) is 2.65. The van der Waals surface area contributed by atoms with E-state index in [1.807, 2.05) is 6.29 Å². The van der Waals surface area contributed by atoms with Crippen molar-refractivity contribution in [3.8, 4) is 0 Å². The van der Waals surface area contributed by atoms with Crippen molar-refractivity contribution in [2.75, 3.05) is 6.54 Å². The zero-order valence-corrected chi connectivity index (χ0v) is 20.7. The van der Waals surface area contributed by atoms with E-state index in [4.69, 9.17) is 5.11 Å². The van der Waals surface area contributed by atoms with E-state index in [2.05, 4.69) is 19.2 Å². The maximum atomic E-state index is 11.1. The Morgan fingerprint density at radius 1 is 0.750 bits per heavy atom. The van der Waals surface area contributed by atoms with Gasteiger partial charge in [0, 0.05) is 6.42 Å². The third-order valence-corrected chi connectivity index (χ3v) is 4.33. The van der Waals surface area contributed by atoms with Gasteiger partial charge in [-0.25, -0.2) is 0 Å². The molecule has 2 N–H and O–H groups in total. The van der Waals surface area contributed by atoms with E-state index in [1.165, 1.54) is 70.6 Å². The Labute approximate surface area is 195 Å². The summed E-state index contributed by atoms with van der Waals surface area (Å²) in [6.45, 7) is 4.14. The van der Waals surface area contributed by atoms with Crippen LogP contribution < -0.4 is 34.9 Å². The number of aliphatic carboxylic acids is 1. The maximum Gasteiger partial charge on any atom is 1.00 e. The van der Waals surface area contributed by atoms with Gasteiger partial charge in [-0.15, -0.1) is 0 Å². The van der Waals surface area contributed by atoms with E-state index in [0.717, 1.165) is 19.3 Å². The fourth-order valence-electron chi connectivity index (χ4n) is 2.66. The standard InChI is InChI=1S/C12H23NO3.C10H19O.Na/c1-2-3-4-5-6-7-8-9-11(14)13-10-12(15)16;1-2-3-4-5-6-7-8-9-10-11;/h2-10H2,1H3,(H,13,14)(H,15,16);2-9H2,1H3;/q;-1;+1. The van der Waals surface area contributed by atoms with Crippen LogP contribution in [-0.4, -0.2) is 29.8 Å². The van der Waals surface area contributed by atoms with Gasteiger partial charge in [0.15, 0.2) is 0 Å². The Balaban J connectivity index is -0.000000460. The van der Waals surface area contributed by atoms with Crippen molar-refractivity contribution in [1.82, 2.24) is 5.32 Å². The van der Waals surface area contributed by atoms with Crippen LogP contribution in [0.15, 0.2) is 0 Å². The number of hydrogen-bond acceptors (Lipinski definition) is 3. The molecule has 0 fully saturated rings. The fraction of sp³-hybridized carbons (Fsp3) is 0.864. The molecular formula is C22H42NNaO4. The molecule has 28 heavy (non-hydrogen) atoms. The molecule has 0 atom stereocenters. The molecule has 0 saturated heterocycles. The Kier molecular flexibility index (Phi) is 33.2. The number of nitrogens with one attached hydrogen (secondary N) is 1. The normalized spacial score (nSPS) is 9.64. The maximum absolute atomic E-state index is 11.1. The second-order valence-corrected chi connectivity index (χ2v) is 7.06. The molecule has 0 saturated carbocycles. The second kappa shape index (κ2) is 28.8. The second-order valence-electron chi connectivity index (χ2n) is 7.06. The summed E-state index contributed by atoms with van der Waals surface area (Å²) in [6.07, 6.45) is 20.1. The van der Waals surface area contributed by atoms with Crippen LogP contribution in [0.4, 0.5) is 0 Å². The van der Waals surface area contributed by atoms with Gasteiger partial charge in [-0.1, -0.05) is 97.3 Å². The van der Waals surface area contributed by atoms with E-state index in [0.29, 0.717) is 12.8 Å². The van der Waals surface area contributed by atoms with Gasteiger partial charge < -0.3 is 15.2 Å². The molecule has 6 heteroatoms. The van der Waals surface area contributed by atoms with Crippen molar-refractivity contribution < 1.29 is 49.0 Å². The first kappa shape index (κ1) is 32.3. The number of carboxylic acid groups (broad SMARTS) is 1. The molecule has 0 aromatic heterocycles. The minimum Gasteiger partial charge on any atom is -0.542 e. The molecule has 5 nitrogen and oxygen atoms in total. The number of rotatable bonds is 18. The van der Waals surface area contributed by atoms with Gasteiger partial charge >= 0.3 is 35.5 Å². The molecule has 0 aliphatic heterocycles. The van der Waals surface area contributed by atoms with E-state index < -0.39 is 5.97 Å². The van der Waals surface area contributed by atoms with Gasteiger partial charge in [0.25, 0.3) is 0 Å². The molecule has 0 heterocycles. The number of carbonyl (C=O) groups excluding carboxylic acids is 2. The first-order chi connectivity index (χ1) is 13.1. The first-order valence-corrected chi connectivity index (χ1v) is 10.9. The third kappa shape index (κ3) is 33.2. The summed E-state index contributed by atoms with van der Waals surface area (Å²) in [5.41, 5.74) is 0. The Morgan fingerprint density at radius 2 is 1.18 bits per heavy atom.